The quantitative estimate of drug-likeness (QED) is 0.523. The number of likely N-dealkylation sites (tertiary alicyclic amines) is 1. The summed E-state index contributed by atoms with van der Waals surface area (Å²) in [4.78, 5) is 13.2. The fraction of sp³-hybridized carbons (Fsp3) is 0.909. The molecule has 0 spiro atoms. The molecular weight excluding hydrogens is 259 g/mol. The Morgan fingerprint density at radius 2 is 1.94 bits per heavy atom. The molecule has 0 aromatic heterocycles. The Morgan fingerprint density at radius 1 is 1.28 bits per heavy atom. The van der Waals surface area contributed by atoms with Gasteiger partial charge in [0.2, 0.25) is 5.91 Å². The van der Waals surface area contributed by atoms with Crippen LogP contribution in [-0.4, -0.2) is 44.6 Å². The van der Waals surface area contributed by atoms with Crippen LogP contribution in [0, 0.1) is 5.92 Å². The van der Waals surface area contributed by atoms with Crippen LogP contribution in [0.5, 0.6) is 0 Å². The van der Waals surface area contributed by atoms with E-state index in [1.54, 1.807) is 4.90 Å². The molecule has 0 aliphatic carbocycles. The number of carbonyl (C=O) groups excluding carboxylic acids is 1. The molecule has 7 heteroatoms. The van der Waals surface area contributed by atoms with Gasteiger partial charge in [-0.3, -0.25) is 4.79 Å². The molecule has 106 valence electrons. The number of nitrogens with zero attached hydrogens (tertiary/aromatic N) is 1. The minimum absolute atomic E-state index is 0.0672. The fourth-order valence-corrected chi connectivity index (χ4v) is 3.05. The number of unbranched alkanes of at least 4 members (excludes halogenated alkanes) is 3. The molecule has 1 heterocycles. The molecule has 1 unspecified atom stereocenters. The summed E-state index contributed by atoms with van der Waals surface area (Å²) in [6, 6.07) is 0. The number of nitrogens with two attached hydrogens (primary N) is 1. The Bertz CT molecular complexity index is 372. The van der Waals surface area contributed by atoms with E-state index in [-0.39, 0.29) is 12.3 Å². The zero-order valence-corrected chi connectivity index (χ0v) is 11.3. The average Bonchev–Trinajstić information content (AvgIpc) is 2.56. The van der Waals surface area contributed by atoms with Crippen LogP contribution in [0.1, 0.15) is 32.1 Å². The van der Waals surface area contributed by atoms with Gasteiger partial charge in [0, 0.05) is 25.4 Å². The van der Waals surface area contributed by atoms with Gasteiger partial charge in [0.05, 0.1) is 5.75 Å². The summed E-state index contributed by atoms with van der Waals surface area (Å²) >= 11 is 0. The molecule has 1 aliphatic heterocycles. The van der Waals surface area contributed by atoms with E-state index in [0.29, 0.717) is 19.6 Å². The number of halogens is 1. The van der Waals surface area contributed by atoms with Crippen LogP contribution in [0.2, 0.25) is 0 Å². The number of hydrogen-bond acceptors (Lipinski definition) is 4. The topological polar surface area (TPSA) is 80.5 Å². The summed E-state index contributed by atoms with van der Waals surface area (Å²) in [5, 5.41) is 0. The maximum absolute atomic E-state index is 12.5. The molecular formula is C11H21FN2O3S. The molecule has 1 atom stereocenters. The highest BCUT2D eigenvalue weighted by Crippen LogP contribution is 2.20. The standard InChI is InChI=1S/C11H21FN2O3S/c12-18(16,17)9-10-7-11(15)14(8-10)6-4-2-1-3-5-13/h10H,1-9,13H2. The first kappa shape index (κ1) is 15.4. The van der Waals surface area contributed by atoms with Crippen molar-refractivity contribution >= 4 is 16.1 Å². The molecule has 0 saturated carbocycles. The fourth-order valence-electron chi connectivity index (χ4n) is 2.26. The molecule has 18 heavy (non-hydrogen) atoms. The monoisotopic (exact) mass is 280 g/mol. The van der Waals surface area contributed by atoms with Crippen molar-refractivity contribution in [3.05, 3.63) is 0 Å². The first-order valence-electron chi connectivity index (χ1n) is 6.32. The molecule has 1 rings (SSSR count). The highest BCUT2D eigenvalue weighted by Gasteiger charge is 2.32. The molecule has 0 aromatic rings. The molecule has 1 aliphatic rings. The van der Waals surface area contributed by atoms with E-state index in [9.17, 15) is 17.1 Å². The van der Waals surface area contributed by atoms with E-state index in [2.05, 4.69) is 0 Å². The summed E-state index contributed by atoms with van der Waals surface area (Å²) in [5.41, 5.74) is 5.37. The predicted octanol–water partition coefficient (Wildman–Crippen LogP) is 0.653. The summed E-state index contributed by atoms with van der Waals surface area (Å²) in [5.74, 6) is -0.999. The van der Waals surface area contributed by atoms with Crippen molar-refractivity contribution in [2.75, 3.05) is 25.4 Å². The van der Waals surface area contributed by atoms with Crippen molar-refractivity contribution in [3.8, 4) is 0 Å². The van der Waals surface area contributed by atoms with Gasteiger partial charge in [-0.1, -0.05) is 12.8 Å². The van der Waals surface area contributed by atoms with Gasteiger partial charge in [0.15, 0.2) is 0 Å². The Morgan fingerprint density at radius 3 is 2.56 bits per heavy atom. The lowest BCUT2D eigenvalue weighted by atomic mass is 10.1. The SMILES string of the molecule is NCCCCCCN1CC(CS(=O)(=O)F)CC1=O. The second-order valence-electron chi connectivity index (χ2n) is 4.82. The molecule has 2 N–H and O–H groups in total. The molecule has 5 nitrogen and oxygen atoms in total. The van der Waals surface area contributed by atoms with Crippen LogP contribution >= 0.6 is 0 Å². The van der Waals surface area contributed by atoms with Crippen molar-refractivity contribution in [1.29, 1.82) is 0 Å². The van der Waals surface area contributed by atoms with E-state index < -0.39 is 21.9 Å². The van der Waals surface area contributed by atoms with E-state index in [0.717, 1.165) is 25.7 Å². The number of carbonyl (C=O) groups is 1. The Balaban J connectivity index is 2.25. The highest BCUT2D eigenvalue weighted by atomic mass is 32.3. The zero-order valence-electron chi connectivity index (χ0n) is 10.5. The number of hydrogen-bond donors (Lipinski definition) is 1. The predicted molar refractivity (Wildman–Crippen MR) is 67.1 cm³/mol. The second-order valence-corrected chi connectivity index (χ2v) is 6.23. The van der Waals surface area contributed by atoms with E-state index in [4.69, 9.17) is 5.73 Å². The van der Waals surface area contributed by atoms with Crippen molar-refractivity contribution < 1.29 is 17.1 Å². The lowest BCUT2D eigenvalue weighted by Crippen LogP contribution is -2.27. The normalized spacial score (nSPS) is 20.7. The van der Waals surface area contributed by atoms with Crippen LogP contribution < -0.4 is 5.73 Å². The van der Waals surface area contributed by atoms with Crippen molar-refractivity contribution in [2.24, 2.45) is 11.7 Å². The zero-order chi connectivity index (χ0) is 13.6. The third-order valence-corrected chi connectivity index (χ3v) is 3.98. The van der Waals surface area contributed by atoms with Gasteiger partial charge in [-0.2, -0.15) is 8.42 Å². The van der Waals surface area contributed by atoms with E-state index in [1.165, 1.54) is 0 Å². The van der Waals surface area contributed by atoms with E-state index in [1.807, 2.05) is 0 Å². The maximum atomic E-state index is 12.5. The lowest BCUT2D eigenvalue weighted by molar-refractivity contribution is -0.127. The first-order chi connectivity index (χ1) is 8.42. The highest BCUT2D eigenvalue weighted by molar-refractivity contribution is 7.86. The van der Waals surface area contributed by atoms with Gasteiger partial charge in [-0.15, -0.1) is 3.89 Å². The third-order valence-electron chi connectivity index (χ3n) is 3.11. The molecule has 0 radical (unpaired) electrons. The third kappa shape index (κ3) is 5.77. The number of rotatable bonds is 8. The summed E-state index contributed by atoms with van der Waals surface area (Å²) < 4.78 is 33.6. The maximum Gasteiger partial charge on any atom is 0.302 e. The van der Waals surface area contributed by atoms with Gasteiger partial charge < -0.3 is 10.6 Å². The lowest BCUT2D eigenvalue weighted by Gasteiger charge is -2.16. The minimum Gasteiger partial charge on any atom is -0.342 e. The summed E-state index contributed by atoms with van der Waals surface area (Å²) in [6.45, 7) is 1.67. The van der Waals surface area contributed by atoms with Crippen LogP contribution in [0.25, 0.3) is 0 Å². The van der Waals surface area contributed by atoms with Crippen molar-refractivity contribution in [1.82, 2.24) is 4.90 Å². The Kier molecular flexibility index (Phi) is 6.01. The Labute approximate surface area is 108 Å². The first-order valence-corrected chi connectivity index (χ1v) is 7.88. The van der Waals surface area contributed by atoms with Gasteiger partial charge >= 0.3 is 10.2 Å². The van der Waals surface area contributed by atoms with Crippen molar-refractivity contribution in [2.45, 2.75) is 32.1 Å². The van der Waals surface area contributed by atoms with Crippen LogP contribution in [0.3, 0.4) is 0 Å². The summed E-state index contributed by atoms with van der Waals surface area (Å²) in [6.07, 6.45) is 4.07. The smallest absolute Gasteiger partial charge is 0.302 e. The van der Waals surface area contributed by atoms with Gasteiger partial charge in [0.25, 0.3) is 0 Å². The van der Waals surface area contributed by atoms with E-state index >= 15 is 0 Å². The Hall–Kier alpha value is -0.690. The molecule has 0 aromatic carbocycles. The van der Waals surface area contributed by atoms with Crippen LogP contribution in [0.15, 0.2) is 0 Å². The second kappa shape index (κ2) is 7.04. The molecule has 1 amide bonds. The molecule has 0 bridgehead atoms. The van der Waals surface area contributed by atoms with Crippen LogP contribution in [-0.2, 0) is 15.0 Å². The largest absolute Gasteiger partial charge is 0.342 e. The number of amides is 1. The van der Waals surface area contributed by atoms with Crippen LogP contribution in [0.4, 0.5) is 3.89 Å². The summed E-state index contributed by atoms with van der Waals surface area (Å²) in [7, 11) is -4.48. The molecule has 1 saturated heterocycles. The minimum atomic E-state index is -4.48. The van der Waals surface area contributed by atoms with Gasteiger partial charge in [-0.05, 0) is 19.4 Å². The van der Waals surface area contributed by atoms with Crippen molar-refractivity contribution in [3.63, 3.8) is 0 Å². The van der Waals surface area contributed by atoms with Gasteiger partial charge in [-0.25, -0.2) is 0 Å². The average molecular weight is 280 g/mol. The van der Waals surface area contributed by atoms with Gasteiger partial charge in [0.1, 0.15) is 0 Å². The molecule has 1 fully saturated rings.